The van der Waals surface area contributed by atoms with Gasteiger partial charge in [0.15, 0.2) is 6.61 Å². The Morgan fingerprint density at radius 1 is 0.971 bits per heavy atom. The molecule has 0 unspecified atom stereocenters. The summed E-state index contributed by atoms with van der Waals surface area (Å²) in [6.07, 6.45) is 0. The maximum absolute atomic E-state index is 14.3. The van der Waals surface area contributed by atoms with E-state index in [-0.39, 0.29) is 34.9 Å². The lowest BCUT2D eigenvalue weighted by Crippen LogP contribution is -2.39. The molecule has 35 heavy (non-hydrogen) atoms. The Morgan fingerprint density at radius 3 is 2.37 bits per heavy atom. The van der Waals surface area contributed by atoms with Crippen molar-refractivity contribution in [1.29, 1.82) is 0 Å². The van der Waals surface area contributed by atoms with Crippen molar-refractivity contribution in [2.24, 2.45) is 0 Å². The Labute approximate surface area is 203 Å². The van der Waals surface area contributed by atoms with E-state index in [0.29, 0.717) is 17.1 Å². The van der Waals surface area contributed by atoms with E-state index in [4.69, 9.17) is 16.3 Å². The SMILES string of the molecule is O=C(CN1C(=O)c2ccccc2C1=O)Nc1ccc2c(c1)N(Cc1c(F)cccc1Cl)C(=O)CO2. The minimum atomic E-state index is -0.605. The third-order valence-corrected chi connectivity index (χ3v) is 6.10. The van der Waals surface area contributed by atoms with Gasteiger partial charge in [0, 0.05) is 16.3 Å². The Bertz CT molecular complexity index is 1350. The van der Waals surface area contributed by atoms with E-state index in [1.54, 1.807) is 24.3 Å². The van der Waals surface area contributed by atoms with Crippen molar-refractivity contribution < 1.29 is 28.3 Å². The van der Waals surface area contributed by atoms with E-state index in [9.17, 15) is 23.6 Å². The van der Waals surface area contributed by atoms with Crippen LogP contribution < -0.4 is 15.0 Å². The zero-order valence-electron chi connectivity index (χ0n) is 18.1. The molecular formula is C25H17ClFN3O5. The Balaban J connectivity index is 1.35. The summed E-state index contributed by atoms with van der Waals surface area (Å²) >= 11 is 6.14. The van der Waals surface area contributed by atoms with Crippen LogP contribution >= 0.6 is 11.6 Å². The van der Waals surface area contributed by atoms with Gasteiger partial charge in [-0.05, 0) is 42.5 Å². The second-order valence-electron chi connectivity index (χ2n) is 7.94. The molecule has 8 nitrogen and oxygen atoms in total. The molecule has 0 fully saturated rings. The molecule has 3 aromatic rings. The van der Waals surface area contributed by atoms with E-state index in [1.807, 2.05) is 0 Å². The van der Waals surface area contributed by atoms with Crippen LogP contribution in [0.1, 0.15) is 26.3 Å². The van der Waals surface area contributed by atoms with E-state index in [0.717, 1.165) is 4.90 Å². The minimum absolute atomic E-state index is 0.132. The first-order valence-corrected chi connectivity index (χ1v) is 11.0. The normalized spacial score (nSPS) is 14.5. The van der Waals surface area contributed by atoms with Crippen LogP contribution in [0.4, 0.5) is 15.8 Å². The van der Waals surface area contributed by atoms with Crippen LogP contribution in [0.25, 0.3) is 0 Å². The summed E-state index contributed by atoms with van der Waals surface area (Å²) in [6, 6.07) is 15.2. The number of hydrogen-bond donors (Lipinski definition) is 1. The number of nitrogens with one attached hydrogen (secondary N) is 1. The van der Waals surface area contributed by atoms with Gasteiger partial charge in [0.2, 0.25) is 5.91 Å². The first kappa shape index (κ1) is 22.5. The van der Waals surface area contributed by atoms with Gasteiger partial charge in [0.1, 0.15) is 18.1 Å². The van der Waals surface area contributed by atoms with Crippen molar-refractivity contribution in [2.75, 3.05) is 23.4 Å². The largest absolute Gasteiger partial charge is 0.482 e. The smallest absolute Gasteiger partial charge is 0.265 e. The molecule has 2 heterocycles. The number of anilines is 2. The van der Waals surface area contributed by atoms with Crippen molar-refractivity contribution in [2.45, 2.75) is 6.54 Å². The lowest BCUT2D eigenvalue weighted by Gasteiger charge is -2.30. The number of nitrogens with zero attached hydrogens (tertiary/aromatic N) is 2. The minimum Gasteiger partial charge on any atom is -0.482 e. The maximum atomic E-state index is 14.3. The van der Waals surface area contributed by atoms with Gasteiger partial charge < -0.3 is 15.0 Å². The number of carbonyl (C=O) groups excluding carboxylic acids is 4. The molecule has 10 heteroatoms. The van der Waals surface area contributed by atoms with Gasteiger partial charge in [-0.15, -0.1) is 0 Å². The number of rotatable bonds is 5. The van der Waals surface area contributed by atoms with E-state index in [1.165, 1.54) is 41.3 Å². The number of imide groups is 1. The molecule has 2 aliphatic rings. The molecule has 1 N–H and O–H groups in total. The highest BCUT2D eigenvalue weighted by Crippen LogP contribution is 2.36. The van der Waals surface area contributed by atoms with Crippen molar-refractivity contribution in [3.05, 3.63) is 88.2 Å². The monoisotopic (exact) mass is 493 g/mol. The Hall–Kier alpha value is -4.24. The number of hydrogen-bond acceptors (Lipinski definition) is 5. The molecule has 4 amide bonds. The summed E-state index contributed by atoms with van der Waals surface area (Å²) in [5.74, 6) is -2.28. The molecule has 5 rings (SSSR count). The molecule has 0 saturated heterocycles. The van der Waals surface area contributed by atoms with E-state index < -0.39 is 36.0 Å². The lowest BCUT2D eigenvalue weighted by atomic mass is 10.1. The van der Waals surface area contributed by atoms with Crippen molar-refractivity contribution in [3.8, 4) is 5.75 Å². The van der Waals surface area contributed by atoms with Crippen LogP contribution in [0, 0.1) is 5.82 Å². The predicted molar refractivity (Wildman–Crippen MR) is 125 cm³/mol. The van der Waals surface area contributed by atoms with Crippen molar-refractivity contribution >= 4 is 46.6 Å². The van der Waals surface area contributed by atoms with Crippen LogP contribution in [0.2, 0.25) is 5.02 Å². The Kier molecular flexibility index (Phi) is 5.70. The molecule has 0 bridgehead atoms. The van der Waals surface area contributed by atoms with Gasteiger partial charge in [-0.2, -0.15) is 0 Å². The van der Waals surface area contributed by atoms with Crippen molar-refractivity contribution in [3.63, 3.8) is 0 Å². The number of fused-ring (bicyclic) bond motifs is 2. The average molecular weight is 494 g/mol. The highest BCUT2D eigenvalue weighted by molar-refractivity contribution is 6.31. The fourth-order valence-electron chi connectivity index (χ4n) is 4.02. The van der Waals surface area contributed by atoms with Gasteiger partial charge in [0.05, 0.1) is 23.4 Å². The van der Waals surface area contributed by atoms with Crippen LogP contribution in [-0.4, -0.2) is 41.7 Å². The highest BCUT2D eigenvalue weighted by atomic mass is 35.5. The predicted octanol–water partition coefficient (Wildman–Crippen LogP) is 3.64. The molecular weight excluding hydrogens is 477 g/mol. The zero-order chi connectivity index (χ0) is 24.7. The summed E-state index contributed by atoms with van der Waals surface area (Å²) in [5.41, 5.74) is 1.26. The molecule has 0 radical (unpaired) electrons. The second kappa shape index (κ2) is 8.84. The third kappa shape index (κ3) is 4.10. The first-order valence-electron chi connectivity index (χ1n) is 10.6. The molecule has 0 saturated carbocycles. The molecule has 176 valence electrons. The summed E-state index contributed by atoms with van der Waals surface area (Å²) in [6.45, 7) is -0.842. The summed E-state index contributed by atoms with van der Waals surface area (Å²) in [4.78, 5) is 52.5. The number of amides is 4. The molecule has 3 aromatic carbocycles. The van der Waals surface area contributed by atoms with Gasteiger partial charge >= 0.3 is 0 Å². The zero-order valence-corrected chi connectivity index (χ0v) is 18.8. The average Bonchev–Trinajstić information content (AvgIpc) is 3.07. The van der Waals surface area contributed by atoms with Crippen molar-refractivity contribution in [1.82, 2.24) is 4.90 Å². The summed E-state index contributed by atoms with van der Waals surface area (Å²) in [5, 5.41) is 2.81. The van der Waals surface area contributed by atoms with Crippen LogP contribution in [-0.2, 0) is 16.1 Å². The Morgan fingerprint density at radius 2 is 1.69 bits per heavy atom. The maximum Gasteiger partial charge on any atom is 0.265 e. The third-order valence-electron chi connectivity index (χ3n) is 5.74. The molecule has 0 aliphatic carbocycles. The quantitative estimate of drug-likeness (QED) is 0.547. The van der Waals surface area contributed by atoms with Gasteiger partial charge in [-0.25, -0.2) is 4.39 Å². The van der Waals surface area contributed by atoms with Gasteiger partial charge in [0.25, 0.3) is 17.7 Å². The molecule has 2 aliphatic heterocycles. The summed E-state index contributed by atoms with van der Waals surface area (Å²) < 4.78 is 19.8. The molecule has 0 spiro atoms. The first-order chi connectivity index (χ1) is 16.8. The fraction of sp³-hybridized carbons (Fsp3) is 0.120. The lowest BCUT2D eigenvalue weighted by molar-refractivity contribution is -0.121. The molecule has 0 atom stereocenters. The van der Waals surface area contributed by atoms with Crippen LogP contribution in [0.5, 0.6) is 5.75 Å². The molecule has 0 aromatic heterocycles. The highest BCUT2D eigenvalue weighted by Gasteiger charge is 2.36. The van der Waals surface area contributed by atoms with Gasteiger partial charge in [-0.1, -0.05) is 29.8 Å². The topological polar surface area (TPSA) is 96.0 Å². The summed E-state index contributed by atoms with van der Waals surface area (Å²) in [7, 11) is 0. The second-order valence-corrected chi connectivity index (χ2v) is 8.35. The number of halogens is 2. The van der Waals surface area contributed by atoms with Gasteiger partial charge in [-0.3, -0.25) is 24.1 Å². The van der Waals surface area contributed by atoms with Crippen LogP contribution in [0.15, 0.2) is 60.7 Å². The fourth-order valence-corrected chi connectivity index (χ4v) is 4.24. The number of benzene rings is 3. The van der Waals surface area contributed by atoms with E-state index >= 15 is 0 Å². The standard InChI is InChI=1S/C25H17ClFN3O5/c26-18-6-3-7-19(27)17(18)11-29-20-10-14(8-9-21(20)35-13-23(29)32)28-22(31)12-30-24(33)15-4-1-2-5-16(15)25(30)34/h1-10H,11-13H2,(H,28,31). The number of carbonyl (C=O) groups is 4. The van der Waals surface area contributed by atoms with E-state index in [2.05, 4.69) is 5.32 Å². The number of ether oxygens (including phenoxy) is 1. The van der Waals surface area contributed by atoms with Crippen LogP contribution in [0.3, 0.4) is 0 Å².